The van der Waals surface area contributed by atoms with Crippen molar-refractivity contribution in [3.05, 3.63) is 59.7 Å². The summed E-state index contributed by atoms with van der Waals surface area (Å²) in [4.78, 5) is 34.0. The fourth-order valence-corrected chi connectivity index (χ4v) is 2.41. The number of amides is 1. The summed E-state index contributed by atoms with van der Waals surface area (Å²) >= 11 is 0. The minimum Gasteiger partial charge on any atom is -0.496 e. The quantitative estimate of drug-likeness (QED) is 0.608. The van der Waals surface area contributed by atoms with E-state index in [1.54, 1.807) is 42.5 Å². The first kappa shape index (κ1) is 19.8. The summed E-state index contributed by atoms with van der Waals surface area (Å²) in [6.07, 6.45) is -0.861. The van der Waals surface area contributed by atoms with E-state index in [4.69, 9.17) is 19.7 Å². The molecule has 2 aromatic carbocycles. The molecule has 0 heterocycles. The Morgan fingerprint density at radius 3 is 2.30 bits per heavy atom. The average Bonchev–Trinajstić information content (AvgIpc) is 2.64. The number of methoxy groups -OCH3 is 1. The maximum atomic E-state index is 11.9. The van der Waals surface area contributed by atoms with Crippen LogP contribution >= 0.6 is 0 Å². The molecule has 2 aromatic rings. The molecule has 0 saturated carbocycles. The molecule has 142 valence electrons. The molecule has 0 saturated heterocycles. The predicted molar refractivity (Wildman–Crippen MR) is 95.7 cm³/mol. The first-order chi connectivity index (χ1) is 12.9. The van der Waals surface area contributed by atoms with Gasteiger partial charge in [-0.25, -0.2) is 4.79 Å². The Labute approximate surface area is 155 Å². The van der Waals surface area contributed by atoms with Crippen molar-refractivity contribution in [1.29, 1.82) is 0 Å². The van der Waals surface area contributed by atoms with Crippen LogP contribution in [0.25, 0.3) is 0 Å². The number of hydrogen-bond donors (Lipinski definition) is 3. The van der Waals surface area contributed by atoms with E-state index in [-0.39, 0.29) is 13.0 Å². The maximum Gasteiger partial charge on any atom is 0.411 e. The van der Waals surface area contributed by atoms with E-state index >= 15 is 0 Å². The Morgan fingerprint density at radius 2 is 1.70 bits per heavy atom. The molecule has 0 atom stereocenters. The van der Waals surface area contributed by atoms with E-state index in [0.29, 0.717) is 22.6 Å². The molecule has 3 N–H and O–H groups in total. The molecule has 0 aromatic heterocycles. The molecule has 27 heavy (non-hydrogen) atoms. The van der Waals surface area contributed by atoms with E-state index in [2.05, 4.69) is 5.32 Å². The summed E-state index contributed by atoms with van der Waals surface area (Å²) in [7, 11) is 1.44. The highest BCUT2D eigenvalue weighted by Gasteiger charge is 2.26. The highest BCUT2D eigenvalue weighted by atomic mass is 16.5. The Kier molecular flexibility index (Phi) is 6.76. The second-order valence-corrected chi connectivity index (χ2v) is 5.65. The fraction of sp³-hybridized carbons (Fsp3) is 0.211. The van der Waals surface area contributed by atoms with Crippen LogP contribution in [0, 0.1) is 5.92 Å². The van der Waals surface area contributed by atoms with Gasteiger partial charge in [-0.2, -0.15) is 0 Å². The van der Waals surface area contributed by atoms with Crippen molar-refractivity contribution in [1.82, 2.24) is 0 Å². The fourth-order valence-electron chi connectivity index (χ4n) is 2.41. The van der Waals surface area contributed by atoms with Crippen LogP contribution in [0.3, 0.4) is 0 Å². The number of carbonyl (C=O) groups is 3. The third-order valence-corrected chi connectivity index (χ3v) is 3.76. The third-order valence-electron chi connectivity index (χ3n) is 3.76. The first-order valence-electron chi connectivity index (χ1n) is 8.01. The lowest BCUT2D eigenvalue weighted by molar-refractivity contribution is -0.154. The molecule has 0 aliphatic carbocycles. The van der Waals surface area contributed by atoms with Crippen LogP contribution in [0.4, 0.5) is 10.5 Å². The Balaban J connectivity index is 2.07. The lowest BCUT2D eigenvalue weighted by Crippen LogP contribution is -2.25. The summed E-state index contributed by atoms with van der Waals surface area (Å²) in [6, 6.07) is 13.5. The summed E-state index contributed by atoms with van der Waals surface area (Å²) < 4.78 is 10.4. The Bertz CT molecular complexity index is 806. The van der Waals surface area contributed by atoms with Gasteiger partial charge in [-0.1, -0.05) is 24.3 Å². The zero-order valence-corrected chi connectivity index (χ0v) is 14.5. The Morgan fingerprint density at radius 1 is 1.04 bits per heavy atom. The van der Waals surface area contributed by atoms with Gasteiger partial charge in [-0.05, 0) is 36.2 Å². The number of nitrogens with one attached hydrogen (secondary N) is 1. The number of anilines is 1. The zero-order chi connectivity index (χ0) is 19.8. The van der Waals surface area contributed by atoms with Crippen LogP contribution in [0.2, 0.25) is 0 Å². The van der Waals surface area contributed by atoms with Gasteiger partial charge in [0.05, 0.1) is 7.11 Å². The molecule has 1 amide bonds. The van der Waals surface area contributed by atoms with Crippen LogP contribution in [0.5, 0.6) is 5.75 Å². The number of carboxylic acid groups (broad SMARTS) is 2. The number of carboxylic acids is 2. The van der Waals surface area contributed by atoms with Crippen molar-refractivity contribution < 1.29 is 34.1 Å². The highest BCUT2D eigenvalue weighted by molar-refractivity contribution is 5.93. The van der Waals surface area contributed by atoms with Crippen molar-refractivity contribution in [3.63, 3.8) is 0 Å². The molecule has 0 aliphatic heterocycles. The minimum atomic E-state index is -1.56. The standard InChI is InChI=1S/C19H19NO7/c1-26-16-8-7-12(10-15(17(21)22)18(23)24)9-13(16)11-27-19(25)20-14-5-3-2-4-6-14/h2-9,15H,10-11H2,1H3,(H,20,25)(H,21,22)(H,23,24). The van der Waals surface area contributed by atoms with Crippen LogP contribution in [0.15, 0.2) is 48.5 Å². The van der Waals surface area contributed by atoms with Gasteiger partial charge in [0.15, 0.2) is 5.92 Å². The number of hydrogen-bond acceptors (Lipinski definition) is 5. The number of para-hydroxylation sites is 1. The topological polar surface area (TPSA) is 122 Å². The minimum absolute atomic E-state index is 0.125. The molecule has 0 radical (unpaired) electrons. The first-order valence-corrected chi connectivity index (χ1v) is 8.01. The van der Waals surface area contributed by atoms with E-state index in [1.807, 2.05) is 6.07 Å². The monoisotopic (exact) mass is 373 g/mol. The highest BCUT2D eigenvalue weighted by Crippen LogP contribution is 2.23. The van der Waals surface area contributed by atoms with Crippen LogP contribution < -0.4 is 10.1 Å². The molecule has 0 fully saturated rings. The molecule has 0 bridgehead atoms. The van der Waals surface area contributed by atoms with Gasteiger partial charge in [0.25, 0.3) is 0 Å². The smallest absolute Gasteiger partial charge is 0.411 e. The van der Waals surface area contributed by atoms with Gasteiger partial charge < -0.3 is 19.7 Å². The SMILES string of the molecule is COc1ccc(CC(C(=O)O)C(=O)O)cc1COC(=O)Nc1ccccc1. The molecular weight excluding hydrogens is 354 g/mol. The summed E-state index contributed by atoms with van der Waals surface area (Å²) in [6.45, 7) is -0.125. The predicted octanol–water partition coefficient (Wildman–Crippen LogP) is 2.77. The second kappa shape index (κ2) is 9.23. The Hall–Kier alpha value is -3.55. The molecule has 8 heteroatoms. The largest absolute Gasteiger partial charge is 0.496 e. The van der Waals surface area contributed by atoms with Crippen LogP contribution in [-0.2, 0) is 27.4 Å². The van der Waals surface area contributed by atoms with E-state index < -0.39 is 23.9 Å². The number of rotatable bonds is 8. The van der Waals surface area contributed by atoms with Gasteiger partial charge in [-0.15, -0.1) is 0 Å². The second-order valence-electron chi connectivity index (χ2n) is 5.65. The van der Waals surface area contributed by atoms with Gasteiger partial charge in [-0.3, -0.25) is 14.9 Å². The van der Waals surface area contributed by atoms with Crippen molar-refractivity contribution in [2.24, 2.45) is 5.92 Å². The van der Waals surface area contributed by atoms with Gasteiger partial charge in [0, 0.05) is 11.3 Å². The van der Waals surface area contributed by atoms with E-state index in [0.717, 1.165) is 0 Å². The molecule has 2 rings (SSSR count). The average molecular weight is 373 g/mol. The summed E-state index contributed by atoms with van der Waals surface area (Å²) in [5.74, 6) is -3.96. The molecule has 0 unspecified atom stereocenters. The third kappa shape index (κ3) is 5.74. The van der Waals surface area contributed by atoms with Crippen molar-refractivity contribution in [2.45, 2.75) is 13.0 Å². The van der Waals surface area contributed by atoms with Gasteiger partial charge >= 0.3 is 18.0 Å². The van der Waals surface area contributed by atoms with E-state index in [1.165, 1.54) is 7.11 Å². The van der Waals surface area contributed by atoms with Crippen LogP contribution in [-0.4, -0.2) is 35.4 Å². The summed E-state index contributed by atoms with van der Waals surface area (Å²) in [5.41, 5.74) is 1.55. The van der Waals surface area contributed by atoms with Gasteiger partial charge in [0.1, 0.15) is 12.4 Å². The van der Waals surface area contributed by atoms with Gasteiger partial charge in [0.2, 0.25) is 0 Å². The van der Waals surface area contributed by atoms with Crippen molar-refractivity contribution >= 4 is 23.7 Å². The summed E-state index contributed by atoms with van der Waals surface area (Å²) in [5, 5.41) is 20.6. The zero-order valence-electron chi connectivity index (χ0n) is 14.5. The van der Waals surface area contributed by atoms with Crippen molar-refractivity contribution in [2.75, 3.05) is 12.4 Å². The lowest BCUT2D eigenvalue weighted by Gasteiger charge is -2.13. The molecule has 0 aliphatic rings. The number of ether oxygens (including phenoxy) is 2. The number of benzene rings is 2. The number of carbonyl (C=O) groups excluding carboxylic acids is 1. The maximum absolute atomic E-state index is 11.9. The van der Waals surface area contributed by atoms with Crippen LogP contribution in [0.1, 0.15) is 11.1 Å². The number of aliphatic carboxylic acids is 2. The lowest BCUT2D eigenvalue weighted by atomic mass is 9.98. The molecule has 0 spiro atoms. The molecule has 8 nitrogen and oxygen atoms in total. The normalized spacial score (nSPS) is 10.3. The molecular formula is C19H19NO7. The van der Waals surface area contributed by atoms with Crippen molar-refractivity contribution in [3.8, 4) is 5.75 Å². The van der Waals surface area contributed by atoms with E-state index in [9.17, 15) is 14.4 Å².